The van der Waals surface area contributed by atoms with Crippen LogP contribution in [-0.4, -0.2) is 19.3 Å². The van der Waals surface area contributed by atoms with E-state index in [1.165, 1.54) is 12.1 Å². The number of benzene rings is 2. The summed E-state index contributed by atoms with van der Waals surface area (Å²) in [6.07, 6.45) is -4.93. The molecule has 7 nitrogen and oxygen atoms in total. The molecule has 1 aromatic heterocycles. The predicted molar refractivity (Wildman–Crippen MR) is 107 cm³/mol. The number of sulfonamides is 1. The molecule has 0 aliphatic carbocycles. The van der Waals surface area contributed by atoms with E-state index in [-0.39, 0.29) is 21.7 Å². The minimum Gasteiger partial charge on any atom is -0.364 e. The fourth-order valence-electron chi connectivity index (χ4n) is 3.13. The van der Waals surface area contributed by atoms with Crippen LogP contribution in [0, 0.1) is 17.5 Å². The number of amides is 1. The molecular weight excluding hydrogens is 490 g/mol. The van der Waals surface area contributed by atoms with Crippen LogP contribution < -0.4 is 15.4 Å². The van der Waals surface area contributed by atoms with E-state index in [0.29, 0.717) is 18.2 Å². The molecule has 3 aromatic rings. The summed E-state index contributed by atoms with van der Waals surface area (Å²) in [5, 5.41) is 4.91. The fraction of sp³-hybridized carbons (Fsp3) is 0.100. The van der Waals surface area contributed by atoms with Crippen molar-refractivity contribution in [2.24, 2.45) is 0 Å². The van der Waals surface area contributed by atoms with Crippen molar-refractivity contribution in [2.75, 3.05) is 10.6 Å². The number of carbonyl (C=O) groups is 1. The molecule has 3 N–H and O–H groups in total. The quantitative estimate of drug-likeness (QED) is 0.369. The van der Waals surface area contributed by atoms with Crippen LogP contribution in [0.1, 0.15) is 27.8 Å². The normalized spacial score (nSPS) is 16.9. The van der Waals surface area contributed by atoms with Crippen molar-refractivity contribution in [3.05, 3.63) is 82.9 Å². The molecule has 0 saturated heterocycles. The third kappa shape index (κ3) is 4.54. The predicted octanol–water partition coefficient (Wildman–Crippen LogP) is 4.17. The van der Waals surface area contributed by atoms with E-state index in [1.54, 1.807) is 0 Å². The summed E-state index contributed by atoms with van der Waals surface area (Å²) < 4.78 is 106. The highest BCUT2D eigenvalue weighted by atomic mass is 32.2. The molecule has 0 spiro atoms. The number of anilines is 2. The lowest BCUT2D eigenvalue weighted by Gasteiger charge is -2.28. The number of halogens is 6. The van der Waals surface area contributed by atoms with E-state index in [9.17, 15) is 39.6 Å². The van der Waals surface area contributed by atoms with Crippen LogP contribution in [0.3, 0.4) is 0 Å². The first-order valence-corrected chi connectivity index (χ1v) is 10.8. The SMILES string of the molecule is O=C(Nc1cc(F)c(F)c(F)c1)c1ccc2c(c1)S(=O)(=O)NC(c1ccc(C(F)(F)F)nc1)N2. The third-order valence-corrected chi connectivity index (χ3v) is 6.22. The summed E-state index contributed by atoms with van der Waals surface area (Å²) in [4.78, 5) is 15.4. The maximum absolute atomic E-state index is 13.4. The number of hydrogen-bond donors (Lipinski definition) is 3. The molecular formula is C20H12F6N4O3S. The lowest BCUT2D eigenvalue weighted by atomic mass is 10.1. The van der Waals surface area contributed by atoms with Gasteiger partial charge in [0.1, 0.15) is 16.8 Å². The number of nitrogens with one attached hydrogen (secondary N) is 3. The molecule has 0 saturated carbocycles. The van der Waals surface area contributed by atoms with Crippen molar-refractivity contribution >= 4 is 27.3 Å². The number of nitrogens with zero attached hydrogens (tertiary/aromatic N) is 1. The first-order chi connectivity index (χ1) is 15.8. The second kappa shape index (κ2) is 8.29. The Kier molecular flexibility index (Phi) is 5.73. The molecule has 1 aliphatic rings. The van der Waals surface area contributed by atoms with Crippen LogP contribution >= 0.6 is 0 Å². The minimum absolute atomic E-state index is 0.0408. The molecule has 0 radical (unpaired) electrons. The molecule has 1 aliphatic heterocycles. The second-order valence-corrected chi connectivity index (χ2v) is 8.77. The fourth-order valence-corrected chi connectivity index (χ4v) is 4.47. The number of alkyl halides is 3. The van der Waals surface area contributed by atoms with Crippen LogP contribution in [0.25, 0.3) is 0 Å². The van der Waals surface area contributed by atoms with Gasteiger partial charge in [-0.15, -0.1) is 0 Å². The highest BCUT2D eigenvalue weighted by Crippen LogP contribution is 2.33. The molecule has 178 valence electrons. The van der Waals surface area contributed by atoms with Crippen molar-refractivity contribution in [1.82, 2.24) is 9.71 Å². The average molecular weight is 502 g/mol. The van der Waals surface area contributed by atoms with Gasteiger partial charge in [-0.05, 0) is 24.3 Å². The van der Waals surface area contributed by atoms with E-state index in [4.69, 9.17) is 0 Å². The van der Waals surface area contributed by atoms with Crippen molar-refractivity contribution in [3.63, 3.8) is 0 Å². The number of rotatable bonds is 3. The van der Waals surface area contributed by atoms with E-state index < -0.39 is 57.1 Å². The number of aromatic nitrogens is 1. The Labute approximate surface area is 187 Å². The van der Waals surface area contributed by atoms with Crippen LogP contribution in [-0.2, 0) is 16.2 Å². The van der Waals surface area contributed by atoms with Gasteiger partial charge >= 0.3 is 6.18 Å². The van der Waals surface area contributed by atoms with Gasteiger partial charge in [0, 0.05) is 35.1 Å². The van der Waals surface area contributed by atoms with Crippen molar-refractivity contribution in [1.29, 1.82) is 0 Å². The number of pyridine rings is 1. The van der Waals surface area contributed by atoms with Gasteiger partial charge in [0.05, 0.1) is 5.69 Å². The Hall–Kier alpha value is -3.65. The highest BCUT2D eigenvalue weighted by molar-refractivity contribution is 7.89. The molecule has 0 fully saturated rings. The van der Waals surface area contributed by atoms with Gasteiger partial charge in [-0.1, -0.05) is 6.07 Å². The van der Waals surface area contributed by atoms with Gasteiger partial charge in [0.2, 0.25) is 10.0 Å². The summed E-state index contributed by atoms with van der Waals surface area (Å²) in [6, 6.07) is 6.30. The van der Waals surface area contributed by atoms with Crippen LogP contribution in [0.2, 0.25) is 0 Å². The molecule has 1 unspecified atom stereocenters. The Morgan fingerprint density at radius 1 is 1.00 bits per heavy atom. The van der Waals surface area contributed by atoms with E-state index in [2.05, 4.69) is 20.3 Å². The van der Waals surface area contributed by atoms with Gasteiger partial charge in [0.15, 0.2) is 17.5 Å². The monoisotopic (exact) mass is 502 g/mol. The third-order valence-electron chi connectivity index (χ3n) is 4.76. The van der Waals surface area contributed by atoms with Crippen molar-refractivity contribution in [2.45, 2.75) is 17.2 Å². The van der Waals surface area contributed by atoms with E-state index in [0.717, 1.165) is 18.3 Å². The molecule has 4 rings (SSSR count). The Morgan fingerprint density at radius 3 is 2.26 bits per heavy atom. The number of fused-ring (bicyclic) bond motifs is 1. The minimum atomic E-state index is -4.66. The van der Waals surface area contributed by atoms with Crippen LogP contribution in [0.5, 0.6) is 0 Å². The summed E-state index contributed by atoms with van der Waals surface area (Å²) in [5.41, 5.74) is -1.60. The molecule has 1 atom stereocenters. The van der Waals surface area contributed by atoms with Gasteiger partial charge < -0.3 is 10.6 Å². The Morgan fingerprint density at radius 2 is 1.68 bits per heavy atom. The first kappa shape index (κ1) is 23.5. The smallest absolute Gasteiger partial charge is 0.364 e. The summed E-state index contributed by atoms with van der Waals surface area (Å²) in [7, 11) is -4.24. The zero-order valence-electron chi connectivity index (χ0n) is 16.5. The van der Waals surface area contributed by atoms with Crippen molar-refractivity contribution < 1.29 is 39.6 Å². The topological polar surface area (TPSA) is 100 Å². The van der Waals surface area contributed by atoms with Gasteiger partial charge in [-0.2, -0.15) is 17.9 Å². The molecule has 1 amide bonds. The summed E-state index contributed by atoms with van der Waals surface area (Å²) in [5.74, 6) is -5.70. The molecule has 0 bridgehead atoms. The second-order valence-electron chi connectivity index (χ2n) is 7.09. The zero-order valence-corrected chi connectivity index (χ0v) is 17.4. The maximum atomic E-state index is 13.4. The largest absolute Gasteiger partial charge is 0.433 e. The van der Waals surface area contributed by atoms with Gasteiger partial charge in [0.25, 0.3) is 5.91 Å². The standard InChI is InChI=1S/C20H12F6N4O3S/c21-12-6-11(7-13(22)17(12)23)28-19(31)9-1-3-14-15(5-9)34(32,33)30-18(29-14)10-2-4-16(27-8-10)20(24,25)26/h1-8,18,29-30H,(H,28,31). The maximum Gasteiger partial charge on any atom is 0.433 e. The lowest BCUT2D eigenvalue weighted by molar-refractivity contribution is -0.141. The van der Waals surface area contributed by atoms with Gasteiger partial charge in [-0.25, -0.2) is 21.6 Å². The lowest BCUT2D eigenvalue weighted by Crippen LogP contribution is -2.38. The highest BCUT2D eigenvalue weighted by Gasteiger charge is 2.34. The molecule has 34 heavy (non-hydrogen) atoms. The molecule has 2 heterocycles. The van der Waals surface area contributed by atoms with Gasteiger partial charge in [-0.3, -0.25) is 9.78 Å². The van der Waals surface area contributed by atoms with E-state index >= 15 is 0 Å². The van der Waals surface area contributed by atoms with E-state index in [1.807, 2.05) is 0 Å². The average Bonchev–Trinajstić information content (AvgIpc) is 2.76. The number of carbonyl (C=O) groups excluding carboxylic acids is 1. The first-order valence-electron chi connectivity index (χ1n) is 9.27. The summed E-state index contributed by atoms with van der Waals surface area (Å²) >= 11 is 0. The van der Waals surface area contributed by atoms with Crippen LogP contribution in [0.4, 0.5) is 37.7 Å². The van der Waals surface area contributed by atoms with Crippen molar-refractivity contribution in [3.8, 4) is 0 Å². The Balaban J connectivity index is 1.59. The Bertz CT molecular complexity index is 1370. The van der Waals surface area contributed by atoms with Crippen LogP contribution in [0.15, 0.2) is 53.6 Å². The number of hydrogen-bond acceptors (Lipinski definition) is 5. The summed E-state index contributed by atoms with van der Waals surface area (Å²) in [6.45, 7) is 0. The zero-order chi connectivity index (χ0) is 24.8. The molecule has 2 aromatic carbocycles. The molecule has 14 heteroatoms.